The van der Waals surface area contributed by atoms with Gasteiger partial charge in [-0.15, -0.1) is 11.3 Å². The van der Waals surface area contributed by atoms with Gasteiger partial charge in [0.25, 0.3) is 11.6 Å². The maximum absolute atomic E-state index is 12.3. The van der Waals surface area contributed by atoms with Crippen molar-refractivity contribution in [1.29, 1.82) is 0 Å². The van der Waals surface area contributed by atoms with Gasteiger partial charge in [-0.3, -0.25) is 10.1 Å². The van der Waals surface area contributed by atoms with E-state index in [2.05, 4.69) is 15.1 Å². The van der Waals surface area contributed by atoms with Gasteiger partial charge in [-0.1, -0.05) is 11.2 Å². The Morgan fingerprint density at radius 3 is 2.74 bits per heavy atom. The van der Waals surface area contributed by atoms with Gasteiger partial charge in [0.1, 0.15) is 12.4 Å². The molecule has 0 bridgehead atoms. The summed E-state index contributed by atoms with van der Waals surface area (Å²) < 4.78 is 15.9. The van der Waals surface area contributed by atoms with Crippen LogP contribution in [0.15, 0.2) is 63.9 Å². The first-order valence-electron chi connectivity index (χ1n) is 8.93. The molecule has 0 fully saturated rings. The molecule has 2 aromatic carbocycles. The van der Waals surface area contributed by atoms with Gasteiger partial charge in [0.2, 0.25) is 5.82 Å². The van der Waals surface area contributed by atoms with E-state index in [9.17, 15) is 14.9 Å². The highest BCUT2D eigenvalue weighted by atomic mass is 32.1. The standard InChI is InChI=1S/C20H14N4O6S/c25-20(14-2-1-3-17(8-14)28-9-15-11-31-12-21-15)29-10-18-22-19(23-30-18)13-4-6-16(7-5-13)24(26)27/h1-8,11-12H,9-10H2. The van der Waals surface area contributed by atoms with Crippen LogP contribution in [-0.4, -0.2) is 26.0 Å². The van der Waals surface area contributed by atoms with Gasteiger partial charge >= 0.3 is 5.97 Å². The van der Waals surface area contributed by atoms with E-state index in [-0.39, 0.29) is 24.0 Å². The summed E-state index contributed by atoms with van der Waals surface area (Å²) >= 11 is 1.48. The summed E-state index contributed by atoms with van der Waals surface area (Å²) in [6, 6.07) is 12.3. The molecule has 4 aromatic rings. The van der Waals surface area contributed by atoms with E-state index in [0.717, 1.165) is 5.69 Å². The molecule has 11 heteroatoms. The number of benzene rings is 2. The van der Waals surface area contributed by atoms with Crippen molar-refractivity contribution in [3.8, 4) is 17.1 Å². The predicted molar refractivity (Wildman–Crippen MR) is 108 cm³/mol. The van der Waals surface area contributed by atoms with Gasteiger partial charge in [0.15, 0.2) is 6.61 Å². The summed E-state index contributed by atoms with van der Waals surface area (Å²) in [5.41, 5.74) is 3.33. The fraction of sp³-hybridized carbons (Fsp3) is 0.100. The fourth-order valence-electron chi connectivity index (χ4n) is 2.55. The van der Waals surface area contributed by atoms with Gasteiger partial charge < -0.3 is 14.0 Å². The number of thiazole rings is 1. The summed E-state index contributed by atoms with van der Waals surface area (Å²) in [7, 11) is 0. The number of nitro groups is 1. The lowest BCUT2D eigenvalue weighted by Gasteiger charge is -2.06. The third-order valence-electron chi connectivity index (χ3n) is 4.07. The molecular weight excluding hydrogens is 424 g/mol. The largest absolute Gasteiger partial charge is 0.487 e. The van der Waals surface area contributed by atoms with Crippen molar-refractivity contribution in [1.82, 2.24) is 15.1 Å². The molecule has 0 atom stereocenters. The molecular formula is C20H14N4O6S. The molecule has 0 saturated heterocycles. The zero-order valence-corrected chi connectivity index (χ0v) is 16.7. The molecule has 0 N–H and O–H groups in total. The Balaban J connectivity index is 1.34. The van der Waals surface area contributed by atoms with Crippen LogP contribution in [0.1, 0.15) is 21.9 Å². The third-order valence-corrected chi connectivity index (χ3v) is 4.71. The van der Waals surface area contributed by atoms with Crippen molar-refractivity contribution in [3.63, 3.8) is 0 Å². The van der Waals surface area contributed by atoms with Crippen molar-refractivity contribution < 1.29 is 23.7 Å². The minimum Gasteiger partial charge on any atom is -0.487 e. The molecule has 0 aliphatic carbocycles. The molecule has 0 radical (unpaired) electrons. The maximum atomic E-state index is 12.3. The second kappa shape index (κ2) is 9.13. The van der Waals surface area contributed by atoms with Gasteiger partial charge in [-0.2, -0.15) is 4.98 Å². The summed E-state index contributed by atoms with van der Waals surface area (Å²) in [4.78, 5) is 30.8. The first-order valence-corrected chi connectivity index (χ1v) is 9.87. The topological polar surface area (TPSA) is 130 Å². The molecule has 0 saturated carbocycles. The average molecular weight is 438 g/mol. The zero-order valence-electron chi connectivity index (χ0n) is 15.8. The normalized spacial score (nSPS) is 10.6. The number of carbonyl (C=O) groups excluding carboxylic acids is 1. The SMILES string of the molecule is O=C(OCc1nc(-c2ccc([N+](=O)[O-])cc2)no1)c1cccc(OCc2cscn2)c1. The second-order valence-corrected chi connectivity index (χ2v) is 6.91. The molecule has 0 unspecified atom stereocenters. The number of nitro benzene ring substituents is 1. The van der Waals surface area contributed by atoms with E-state index in [4.69, 9.17) is 14.0 Å². The van der Waals surface area contributed by atoms with Crippen LogP contribution in [0, 0.1) is 10.1 Å². The summed E-state index contributed by atoms with van der Waals surface area (Å²) in [6.07, 6.45) is 0. The van der Waals surface area contributed by atoms with E-state index >= 15 is 0 Å². The molecule has 2 heterocycles. The molecule has 0 aliphatic heterocycles. The molecule has 4 rings (SSSR count). The van der Waals surface area contributed by atoms with Crippen molar-refractivity contribution >= 4 is 23.0 Å². The minimum absolute atomic E-state index is 0.0424. The highest BCUT2D eigenvalue weighted by molar-refractivity contribution is 7.07. The number of hydrogen-bond donors (Lipinski definition) is 0. The maximum Gasteiger partial charge on any atom is 0.338 e. The first kappa shape index (κ1) is 20.2. The smallest absolute Gasteiger partial charge is 0.338 e. The predicted octanol–water partition coefficient (Wildman–Crippen LogP) is 4.04. The Kier molecular flexibility index (Phi) is 5.94. The number of hydrogen-bond acceptors (Lipinski definition) is 10. The van der Waals surface area contributed by atoms with E-state index in [1.807, 2.05) is 5.38 Å². The zero-order chi connectivity index (χ0) is 21.6. The minimum atomic E-state index is -0.575. The highest BCUT2D eigenvalue weighted by Gasteiger charge is 2.14. The first-order chi connectivity index (χ1) is 15.1. The van der Waals surface area contributed by atoms with Gasteiger partial charge in [0.05, 0.1) is 21.7 Å². The number of ether oxygens (including phenoxy) is 2. The molecule has 0 spiro atoms. The highest BCUT2D eigenvalue weighted by Crippen LogP contribution is 2.20. The summed E-state index contributed by atoms with van der Waals surface area (Å²) in [5.74, 6) is 0.269. The average Bonchev–Trinajstić information content (AvgIpc) is 3.48. The van der Waals surface area contributed by atoms with Crippen LogP contribution in [0.4, 0.5) is 5.69 Å². The number of aromatic nitrogens is 3. The van der Waals surface area contributed by atoms with Crippen LogP contribution in [0.3, 0.4) is 0 Å². The van der Waals surface area contributed by atoms with Crippen molar-refractivity contribution in [2.45, 2.75) is 13.2 Å². The molecule has 2 aromatic heterocycles. The van der Waals surface area contributed by atoms with Crippen LogP contribution in [0.25, 0.3) is 11.4 Å². The van der Waals surface area contributed by atoms with Crippen LogP contribution < -0.4 is 4.74 Å². The Morgan fingerprint density at radius 2 is 2.00 bits per heavy atom. The Morgan fingerprint density at radius 1 is 1.16 bits per heavy atom. The lowest BCUT2D eigenvalue weighted by molar-refractivity contribution is -0.384. The molecule has 0 amide bonds. The molecule has 156 valence electrons. The van der Waals surface area contributed by atoms with E-state index in [0.29, 0.717) is 23.5 Å². The van der Waals surface area contributed by atoms with Crippen LogP contribution in [-0.2, 0) is 18.0 Å². The van der Waals surface area contributed by atoms with E-state index < -0.39 is 10.9 Å². The van der Waals surface area contributed by atoms with Gasteiger partial charge in [-0.05, 0) is 30.3 Å². The number of nitrogens with zero attached hydrogens (tertiary/aromatic N) is 4. The summed E-state index contributed by atoms with van der Waals surface area (Å²) in [6.45, 7) is 0.0815. The van der Waals surface area contributed by atoms with E-state index in [1.54, 1.807) is 29.8 Å². The monoisotopic (exact) mass is 438 g/mol. The van der Waals surface area contributed by atoms with Crippen molar-refractivity contribution in [2.75, 3.05) is 0 Å². The van der Waals surface area contributed by atoms with Gasteiger partial charge in [-0.25, -0.2) is 9.78 Å². The van der Waals surface area contributed by atoms with Crippen molar-refractivity contribution in [3.05, 3.63) is 86.7 Å². The number of non-ortho nitro benzene ring substituents is 1. The summed E-state index contributed by atoms with van der Waals surface area (Å²) in [5, 5.41) is 16.4. The quantitative estimate of drug-likeness (QED) is 0.227. The Labute approximate surface area is 179 Å². The third kappa shape index (κ3) is 5.08. The number of rotatable bonds is 8. The molecule has 31 heavy (non-hydrogen) atoms. The fourth-order valence-corrected chi connectivity index (χ4v) is 3.10. The number of carbonyl (C=O) groups is 1. The second-order valence-electron chi connectivity index (χ2n) is 6.19. The number of esters is 1. The van der Waals surface area contributed by atoms with Crippen LogP contribution in [0.2, 0.25) is 0 Å². The van der Waals surface area contributed by atoms with Crippen LogP contribution >= 0.6 is 11.3 Å². The van der Waals surface area contributed by atoms with Crippen molar-refractivity contribution in [2.24, 2.45) is 0 Å². The lowest BCUT2D eigenvalue weighted by Crippen LogP contribution is -2.06. The molecule has 10 nitrogen and oxygen atoms in total. The van der Waals surface area contributed by atoms with Crippen LogP contribution in [0.5, 0.6) is 5.75 Å². The van der Waals surface area contributed by atoms with Gasteiger partial charge in [0, 0.05) is 23.1 Å². The lowest BCUT2D eigenvalue weighted by atomic mass is 10.2. The Bertz CT molecular complexity index is 1190. The molecule has 0 aliphatic rings. The van der Waals surface area contributed by atoms with E-state index in [1.165, 1.54) is 35.6 Å². The Hall–Kier alpha value is -4.12.